The molecule has 0 aliphatic carbocycles. The predicted molar refractivity (Wildman–Crippen MR) is 96.8 cm³/mol. The van der Waals surface area contributed by atoms with E-state index in [2.05, 4.69) is 20.5 Å². The molecule has 5 nitrogen and oxygen atoms in total. The van der Waals surface area contributed by atoms with Crippen LogP contribution in [0.4, 0.5) is 17.1 Å². The Hall–Kier alpha value is -3.12. The van der Waals surface area contributed by atoms with E-state index in [4.69, 9.17) is 0 Å². The first-order valence-corrected chi connectivity index (χ1v) is 8.13. The number of aromatic nitrogens is 1. The van der Waals surface area contributed by atoms with Gasteiger partial charge < -0.3 is 5.32 Å². The second kappa shape index (κ2) is 7.94. The number of nitrogens with one attached hydrogen (secondary N) is 1. The lowest BCUT2D eigenvalue weighted by molar-refractivity contribution is -0.111. The zero-order valence-electron chi connectivity index (χ0n) is 12.7. The lowest BCUT2D eigenvalue weighted by Gasteiger charge is -2.01. The zero-order chi connectivity index (χ0) is 16.6. The van der Waals surface area contributed by atoms with Gasteiger partial charge in [0.05, 0.1) is 11.4 Å². The van der Waals surface area contributed by atoms with Gasteiger partial charge in [-0.1, -0.05) is 18.2 Å². The van der Waals surface area contributed by atoms with Gasteiger partial charge in [-0.25, -0.2) is 4.98 Å². The van der Waals surface area contributed by atoms with Crippen molar-refractivity contribution in [2.75, 3.05) is 5.32 Å². The Morgan fingerprint density at radius 1 is 1.00 bits per heavy atom. The molecular formula is C18H14N4OS. The zero-order valence-corrected chi connectivity index (χ0v) is 13.5. The van der Waals surface area contributed by atoms with Crippen molar-refractivity contribution >= 4 is 40.4 Å². The summed E-state index contributed by atoms with van der Waals surface area (Å²) in [5.74, 6) is -0.205. The lowest BCUT2D eigenvalue weighted by atomic mass is 10.3. The van der Waals surface area contributed by atoms with Gasteiger partial charge in [0.25, 0.3) is 0 Å². The molecule has 0 unspecified atom stereocenters. The molecule has 0 radical (unpaired) electrons. The van der Waals surface area contributed by atoms with Gasteiger partial charge >= 0.3 is 0 Å². The maximum absolute atomic E-state index is 11.8. The van der Waals surface area contributed by atoms with Gasteiger partial charge in [0.15, 0.2) is 0 Å². The largest absolute Gasteiger partial charge is 0.323 e. The smallest absolute Gasteiger partial charge is 0.248 e. The van der Waals surface area contributed by atoms with E-state index in [9.17, 15) is 4.79 Å². The highest BCUT2D eigenvalue weighted by molar-refractivity contribution is 7.10. The van der Waals surface area contributed by atoms with Crippen LogP contribution in [0.2, 0.25) is 0 Å². The standard InChI is InChI=1S/C18H14N4OS/c23-17(10-11-18-19-12-13-24-18)20-14-6-8-16(9-7-14)22-21-15-4-2-1-3-5-15/h1-13H,(H,20,23). The number of azo groups is 1. The van der Waals surface area contributed by atoms with E-state index in [1.807, 2.05) is 35.7 Å². The molecule has 0 aliphatic heterocycles. The minimum Gasteiger partial charge on any atom is -0.323 e. The monoisotopic (exact) mass is 334 g/mol. The summed E-state index contributed by atoms with van der Waals surface area (Å²) in [7, 11) is 0. The molecule has 1 aromatic heterocycles. The third-order valence-electron chi connectivity index (χ3n) is 3.00. The number of carbonyl (C=O) groups is 1. The van der Waals surface area contributed by atoms with Crippen molar-refractivity contribution in [2.24, 2.45) is 10.2 Å². The molecule has 1 amide bonds. The summed E-state index contributed by atoms with van der Waals surface area (Å²) >= 11 is 1.48. The van der Waals surface area contributed by atoms with Crippen LogP contribution >= 0.6 is 11.3 Å². The fourth-order valence-corrected chi connectivity index (χ4v) is 2.40. The van der Waals surface area contributed by atoms with Gasteiger partial charge in [-0.05, 0) is 42.5 Å². The summed E-state index contributed by atoms with van der Waals surface area (Å²) in [6.07, 6.45) is 4.84. The van der Waals surface area contributed by atoms with E-state index >= 15 is 0 Å². The maximum Gasteiger partial charge on any atom is 0.248 e. The molecule has 0 atom stereocenters. The Labute approximate surface area is 143 Å². The second-order valence-corrected chi connectivity index (χ2v) is 5.70. The lowest BCUT2D eigenvalue weighted by Crippen LogP contribution is -2.07. The SMILES string of the molecule is O=C(C=Cc1nccs1)Nc1ccc(N=Nc2ccccc2)cc1. The molecule has 24 heavy (non-hydrogen) atoms. The number of anilines is 1. The first kappa shape index (κ1) is 15.8. The van der Waals surface area contributed by atoms with Gasteiger partial charge in [-0.2, -0.15) is 10.2 Å². The van der Waals surface area contributed by atoms with E-state index in [1.54, 1.807) is 36.5 Å². The van der Waals surface area contributed by atoms with Gasteiger partial charge in [0, 0.05) is 23.3 Å². The molecule has 0 saturated heterocycles. The van der Waals surface area contributed by atoms with E-state index in [0.717, 1.165) is 16.4 Å². The molecule has 2 aromatic carbocycles. The Balaban J connectivity index is 1.58. The average Bonchev–Trinajstić information content (AvgIpc) is 3.14. The molecule has 3 rings (SSSR count). The van der Waals surface area contributed by atoms with Crippen molar-refractivity contribution in [3.8, 4) is 0 Å². The normalized spacial score (nSPS) is 11.2. The van der Waals surface area contributed by atoms with Gasteiger partial charge in [0.1, 0.15) is 5.01 Å². The highest BCUT2D eigenvalue weighted by Gasteiger charge is 1.99. The average molecular weight is 334 g/mol. The molecule has 1 N–H and O–H groups in total. The highest BCUT2D eigenvalue weighted by atomic mass is 32.1. The number of rotatable bonds is 5. The highest BCUT2D eigenvalue weighted by Crippen LogP contribution is 2.20. The van der Waals surface area contributed by atoms with Crippen LogP contribution < -0.4 is 5.32 Å². The quantitative estimate of drug-likeness (QED) is 0.514. The maximum atomic E-state index is 11.8. The minimum absolute atomic E-state index is 0.205. The van der Waals surface area contributed by atoms with Crippen molar-refractivity contribution in [3.63, 3.8) is 0 Å². The topological polar surface area (TPSA) is 66.7 Å². The van der Waals surface area contributed by atoms with Crippen LogP contribution in [0.5, 0.6) is 0 Å². The van der Waals surface area contributed by atoms with Crippen LogP contribution in [0, 0.1) is 0 Å². The molecule has 0 saturated carbocycles. The fourth-order valence-electron chi connectivity index (χ4n) is 1.87. The van der Waals surface area contributed by atoms with Crippen molar-refractivity contribution in [3.05, 3.63) is 77.3 Å². The summed E-state index contributed by atoms with van der Waals surface area (Å²) in [5, 5.41) is 13.7. The third kappa shape index (κ3) is 4.69. The number of hydrogen-bond acceptors (Lipinski definition) is 5. The number of thiazole rings is 1. The van der Waals surface area contributed by atoms with Crippen molar-refractivity contribution in [2.45, 2.75) is 0 Å². The van der Waals surface area contributed by atoms with Gasteiger partial charge in [-0.15, -0.1) is 11.3 Å². The summed E-state index contributed by atoms with van der Waals surface area (Å²) in [6.45, 7) is 0. The predicted octanol–water partition coefficient (Wildman–Crippen LogP) is 5.21. The van der Waals surface area contributed by atoms with E-state index < -0.39 is 0 Å². The summed E-state index contributed by atoms with van der Waals surface area (Å²) in [6, 6.07) is 16.7. The van der Waals surface area contributed by atoms with Crippen LogP contribution in [0.25, 0.3) is 6.08 Å². The Morgan fingerprint density at radius 3 is 2.38 bits per heavy atom. The fraction of sp³-hybridized carbons (Fsp3) is 0. The number of hydrogen-bond donors (Lipinski definition) is 1. The molecule has 3 aromatic rings. The van der Waals surface area contributed by atoms with Crippen molar-refractivity contribution in [1.29, 1.82) is 0 Å². The van der Waals surface area contributed by atoms with Crippen LogP contribution in [0.3, 0.4) is 0 Å². The Kier molecular flexibility index (Phi) is 5.21. The van der Waals surface area contributed by atoms with Gasteiger partial charge in [0.2, 0.25) is 5.91 Å². The summed E-state index contributed by atoms with van der Waals surface area (Å²) < 4.78 is 0. The molecule has 118 valence electrons. The first-order valence-electron chi connectivity index (χ1n) is 7.25. The second-order valence-electron chi connectivity index (χ2n) is 4.78. The first-order chi connectivity index (χ1) is 11.8. The molecule has 0 aliphatic rings. The van der Waals surface area contributed by atoms with Crippen LogP contribution in [-0.4, -0.2) is 10.9 Å². The molecule has 0 bridgehead atoms. The van der Waals surface area contributed by atoms with E-state index in [0.29, 0.717) is 5.69 Å². The third-order valence-corrected chi connectivity index (χ3v) is 3.74. The summed E-state index contributed by atoms with van der Waals surface area (Å²) in [4.78, 5) is 15.9. The molecule has 1 heterocycles. The summed E-state index contributed by atoms with van der Waals surface area (Å²) in [5.41, 5.74) is 2.21. The number of amides is 1. The minimum atomic E-state index is -0.205. The molecule has 0 spiro atoms. The molecule has 6 heteroatoms. The number of benzene rings is 2. The van der Waals surface area contributed by atoms with Crippen LogP contribution in [-0.2, 0) is 4.79 Å². The number of nitrogens with zero attached hydrogens (tertiary/aromatic N) is 3. The molecular weight excluding hydrogens is 320 g/mol. The van der Waals surface area contributed by atoms with Crippen LogP contribution in [0.1, 0.15) is 5.01 Å². The van der Waals surface area contributed by atoms with E-state index in [1.165, 1.54) is 17.4 Å². The van der Waals surface area contributed by atoms with E-state index in [-0.39, 0.29) is 5.91 Å². The number of carbonyl (C=O) groups excluding carboxylic acids is 1. The Morgan fingerprint density at radius 2 is 1.71 bits per heavy atom. The van der Waals surface area contributed by atoms with Gasteiger partial charge in [-0.3, -0.25) is 4.79 Å². The molecule has 0 fully saturated rings. The van der Waals surface area contributed by atoms with Crippen molar-refractivity contribution in [1.82, 2.24) is 4.98 Å². The Bertz CT molecular complexity index is 840. The van der Waals surface area contributed by atoms with Crippen molar-refractivity contribution < 1.29 is 4.79 Å². The van der Waals surface area contributed by atoms with Crippen LogP contribution in [0.15, 0.2) is 82.5 Å².